The molecule has 0 bridgehead atoms. The first-order valence-electron chi connectivity index (χ1n) is 6.18. The highest BCUT2D eigenvalue weighted by atomic mass is 19.4. The lowest BCUT2D eigenvalue weighted by atomic mass is 9.91. The maximum Gasteiger partial charge on any atom is 0.432 e. The average molecular weight is 294 g/mol. The van der Waals surface area contributed by atoms with Crippen molar-refractivity contribution in [3.63, 3.8) is 0 Å². The molecule has 1 heterocycles. The Labute approximate surface area is 120 Å². The summed E-state index contributed by atoms with van der Waals surface area (Å²) in [6.07, 6.45) is -3.54. The molecule has 0 spiro atoms. The van der Waals surface area contributed by atoms with Crippen LogP contribution in [0.25, 0.3) is 0 Å². The molecule has 1 aromatic carbocycles. The first-order chi connectivity index (χ1) is 9.88. The van der Waals surface area contributed by atoms with Crippen LogP contribution < -0.4 is 10.2 Å². The molecule has 1 atom stereocenters. The second-order valence-electron chi connectivity index (χ2n) is 4.45. The smallest absolute Gasteiger partial charge is 0.334 e. The Balaban J connectivity index is 2.76. The van der Waals surface area contributed by atoms with Crippen LogP contribution in [0, 0.1) is 11.8 Å². The first kappa shape index (κ1) is 15.0. The molecule has 3 nitrogen and oxygen atoms in total. The van der Waals surface area contributed by atoms with E-state index in [2.05, 4.69) is 23.7 Å². The minimum Gasteiger partial charge on any atom is -0.334 e. The van der Waals surface area contributed by atoms with E-state index >= 15 is 0 Å². The lowest BCUT2D eigenvalue weighted by Crippen LogP contribution is -2.67. The van der Waals surface area contributed by atoms with Gasteiger partial charge in [0.05, 0.1) is 11.4 Å². The molecule has 0 saturated heterocycles. The summed E-state index contributed by atoms with van der Waals surface area (Å²) in [7, 11) is 0. The molecule has 0 fully saturated rings. The number of nitrogens with one attached hydrogen (secondary N) is 1. The van der Waals surface area contributed by atoms with E-state index in [1.165, 1.54) is 19.1 Å². The summed E-state index contributed by atoms with van der Waals surface area (Å²) >= 11 is 0. The normalized spacial score (nSPS) is 21.0. The van der Waals surface area contributed by atoms with Crippen LogP contribution >= 0.6 is 0 Å². The molecule has 1 aromatic rings. The third-order valence-corrected chi connectivity index (χ3v) is 3.20. The van der Waals surface area contributed by atoms with E-state index < -0.39 is 17.6 Å². The van der Waals surface area contributed by atoms with Gasteiger partial charge in [-0.2, -0.15) is 13.2 Å². The average Bonchev–Trinajstić information content (AvgIpc) is 2.41. The van der Waals surface area contributed by atoms with Gasteiger partial charge in [0.15, 0.2) is 0 Å². The van der Waals surface area contributed by atoms with Crippen molar-refractivity contribution in [1.29, 1.82) is 0 Å². The number of para-hydroxylation sites is 2. The van der Waals surface area contributed by atoms with Crippen LogP contribution in [0.5, 0.6) is 0 Å². The molecular weight excluding hydrogens is 281 g/mol. The van der Waals surface area contributed by atoms with Gasteiger partial charge in [0.2, 0.25) is 0 Å². The van der Waals surface area contributed by atoms with Gasteiger partial charge in [0, 0.05) is 6.54 Å². The number of carbonyl (C=O) groups is 1. The van der Waals surface area contributed by atoms with Crippen molar-refractivity contribution in [2.24, 2.45) is 0 Å². The third-order valence-electron chi connectivity index (χ3n) is 3.20. The maximum absolute atomic E-state index is 13.7. The zero-order valence-electron chi connectivity index (χ0n) is 11.3. The van der Waals surface area contributed by atoms with E-state index in [1.54, 1.807) is 18.2 Å². The van der Waals surface area contributed by atoms with Gasteiger partial charge >= 0.3 is 6.18 Å². The Kier molecular flexibility index (Phi) is 3.69. The SMILES string of the molecule is C=CCN1c2ccccc2NC(=O)C1(C#CC)C(F)(F)F. The van der Waals surface area contributed by atoms with Crippen LogP contribution in [0.3, 0.4) is 0 Å². The van der Waals surface area contributed by atoms with E-state index in [9.17, 15) is 18.0 Å². The minimum atomic E-state index is -4.85. The Bertz CT molecular complexity index is 642. The number of carbonyl (C=O) groups excluding carboxylic acids is 1. The van der Waals surface area contributed by atoms with Gasteiger partial charge in [0.25, 0.3) is 11.4 Å². The number of hydrogen-bond acceptors (Lipinski definition) is 2. The van der Waals surface area contributed by atoms with Crippen molar-refractivity contribution in [3.05, 3.63) is 36.9 Å². The zero-order chi connectivity index (χ0) is 15.7. The number of anilines is 2. The molecular formula is C15H13F3N2O. The molecule has 6 heteroatoms. The predicted molar refractivity (Wildman–Crippen MR) is 74.9 cm³/mol. The predicted octanol–water partition coefficient (Wildman–Crippen LogP) is 2.96. The van der Waals surface area contributed by atoms with Crippen molar-refractivity contribution in [3.8, 4) is 11.8 Å². The summed E-state index contributed by atoms with van der Waals surface area (Å²) < 4.78 is 41.0. The van der Waals surface area contributed by atoms with Gasteiger partial charge < -0.3 is 10.2 Å². The fourth-order valence-corrected chi connectivity index (χ4v) is 2.35. The van der Waals surface area contributed by atoms with Crippen LogP contribution in [0.1, 0.15) is 6.92 Å². The topological polar surface area (TPSA) is 32.3 Å². The van der Waals surface area contributed by atoms with Gasteiger partial charge in [-0.1, -0.05) is 24.1 Å². The Morgan fingerprint density at radius 3 is 2.67 bits per heavy atom. The van der Waals surface area contributed by atoms with Crippen molar-refractivity contribution in [2.45, 2.75) is 18.6 Å². The van der Waals surface area contributed by atoms with Gasteiger partial charge in [-0.05, 0) is 19.1 Å². The molecule has 1 unspecified atom stereocenters. The van der Waals surface area contributed by atoms with Crippen LogP contribution in [-0.4, -0.2) is 24.2 Å². The van der Waals surface area contributed by atoms with Crippen LogP contribution in [0.4, 0.5) is 24.5 Å². The number of alkyl halides is 3. The highest BCUT2D eigenvalue weighted by Crippen LogP contribution is 2.44. The number of fused-ring (bicyclic) bond motifs is 1. The fourth-order valence-electron chi connectivity index (χ4n) is 2.35. The Morgan fingerprint density at radius 1 is 1.43 bits per heavy atom. The molecule has 0 aliphatic carbocycles. The van der Waals surface area contributed by atoms with Crippen LogP contribution in [-0.2, 0) is 4.79 Å². The van der Waals surface area contributed by atoms with Crippen LogP contribution in [0.15, 0.2) is 36.9 Å². The zero-order valence-corrected chi connectivity index (χ0v) is 11.3. The van der Waals surface area contributed by atoms with E-state index in [1.807, 2.05) is 0 Å². The number of rotatable bonds is 2. The standard InChI is InChI=1S/C15H13F3N2O/c1-3-9-14(15(16,17)18)13(21)19-11-7-5-6-8-12(11)20(14)10-4-2/h4-8H,2,10H2,1H3,(H,19,21). The van der Waals surface area contributed by atoms with Crippen molar-refractivity contribution in [1.82, 2.24) is 0 Å². The summed E-state index contributed by atoms with van der Waals surface area (Å²) in [5.41, 5.74) is -2.33. The van der Waals surface area contributed by atoms with Crippen molar-refractivity contribution < 1.29 is 18.0 Å². The quantitative estimate of drug-likeness (QED) is 0.672. The van der Waals surface area contributed by atoms with Gasteiger partial charge in [-0.15, -0.1) is 12.5 Å². The van der Waals surface area contributed by atoms with Gasteiger partial charge in [-0.25, -0.2) is 0 Å². The van der Waals surface area contributed by atoms with Crippen molar-refractivity contribution in [2.75, 3.05) is 16.8 Å². The summed E-state index contributed by atoms with van der Waals surface area (Å²) in [5, 5.41) is 2.29. The lowest BCUT2D eigenvalue weighted by molar-refractivity contribution is -0.176. The molecule has 0 saturated carbocycles. The molecule has 1 aliphatic rings. The molecule has 2 rings (SSSR count). The summed E-state index contributed by atoms with van der Waals surface area (Å²) in [5.74, 6) is 3.08. The lowest BCUT2D eigenvalue weighted by Gasteiger charge is -2.44. The first-order valence-corrected chi connectivity index (χ1v) is 6.18. The molecule has 1 aliphatic heterocycles. The number of hydrogen-bond donors (Lipinski definition) is 1. The summed E-state index contributed by atoms with van der Waals surface area (Å²) in [4.78, 5) is 13.1. The van der Waals surface area contributed by atoms with Crippen LogP contribution in [0.2, 0.25) is 0 Å². The Hall–Kier alpha value is -2.42. The Morgan fingerprint density at radius 2 is 2.10 bits per heavy atom. The monoisotopic (exact) mass is 294 g/mol. The molecule has 1 N–H and O–H groups in total. The molecule has 0 radical (unpaired) electrons. The molecule has 110 valence electrons. The summed E-state index contributed by atoms with van der Waals surface area (Å²) in [6.45, 7) is 4.59. The minimum absolute atomic E-state index is 0.154. The number of halogens is 3. The third kappa shape index (κ3) is 2.15. The van der Waals surface area contributed by atoms with E-state index in [0.29, 0.717) is 5.69 Å². The summed E-state index contributed by atoms with van der Waals surface area (Å²) in [6, 6.07) is 6.29. The van der Waals surface area contributed by atoms with Gasteiger partial charge in [-0.3, -0.25) is 4.79 Å². The number of nitrogens with zero attached hydrogens (tertiary/aromatic N) is 1. The molecule has 0 aromatic heterocycles. The van der Waals surface area contributed by atoms with E-state index in [0.717, 1.165) is 4.90 Å². The number of benzene rings is 1. The largest absolute Gasteiger partial charge is 0.432 e. The second-order valence-corrected chi connectivity index (χ2v) is 4.45. The fraction of sp³-hybridized carbons (Fsp3) is 0.267. The molecule has 1 amide bonds. The second kappa shape index (κ2) is 5.17. The maximum atomic E-state index is 13.7. The highest BCUT2D eigenvalue weighted by molar-refractivity contribution is 6.09. The highest BCUT2D eigenvalue weighted by Gasteiger charge is 2.65. The van der Waals surface area contributed by atoms with Crippen molar-refractivity contribution >= 4 is 17.3 Å². The number of amides is 1. The molecule has 21 heavy (non-hydrogen) atoms. The van der Waals surface area contributed by atoms with E-state index in [4.69, 9.17) is 0 Å². The van der Waals surface area contributed by atoms with E-state index in [-0.39, 0.29) is 12.2 Å². The van der Waals surface area contributed by atoms with Gasteiger partial charge in [0.1, 0.15) is 0 Å².